The van der Waals surface area contributed by atoms with Gasteiger partial charge in [0, 0.05) is 5.56 Å². The van der Waals surface area contributed by atoms with Crippen molar-refractivity contribution in [2.45, 2.75) is 25.4 Å². The van der Waals surface area contributed by atoms with Gasteiger partial charge in [0.1, 0.15) is 11.5 Å². The largest absolute Gasteiger partial charge is 0.351 e. The normalized spacial score (nSPS) is 15.2. The van der Waals surface area contributed by atoms with E-state index in [4.69, 9.17) is 4.74 Å². The highest BCUT2D eigenvalue weighted by atomic mass is 19.1. The highest BCUT2D eigenvalue weighted by Crippen LogP contribution is 2.29. The van der Waals surface area contributed by atoms with E-state index in [0.29, 0.717) is 22.7 Å². The molecule has 2 heterocycles. The van der Waals surface area contributed by atoms with E-state index in [9.17, 15) is 14.3 Å². The van der Waals surface area contributed by atoms with Crippen LogP contribution in [0.3, 0.4) is 0 Å². The third-order valence-electron chi connectivity index (χ3n) is 4.63. The molecule has 28 heavy (non-hydrogen) atoms. The van der Waals surface area contributed by atoms with Crippen molar-refractivity contribution >= 4 is 27.8 Å². The molecule has 0 spiro atoms. The minimum atomic E-state index is -1.15. The zero-order valence-electron chi connectivity index (χ0n) is 14.6. The summed E-state index contributed by atoms with van der Waals surface area (Å²) in [5, 5.41) is 19.5. The summed E-state index contributed by atoms with van der Waals surface area (Å²) in [6, 6.07) is 9.60. The predicted octanol–water partition coefficient (Wildman–Crippen LogP) is 2.47. The van der Waals surface area contributed by atoms with Gasteiger partial charge < -0.3 is 20.1 Å². The summed E-state index contributed by atoms with van der Waals surface area (Å²) in [6.45, 7) is 0. The fourth-order valence-corrected chi connectivity index (χ4v) is 3.14. The van der Waals surface area contributed by atoms with Crippen LogP contribution >= 0.6 is 0 Å². The average molecular weight is 381 g/mol. The number of hydrogen-bond donors (Lipinski definition) is 4. The summed E-state index contributed by atoms with van der Waals surface area (Å²) in [5.74, 6) is -0.165. The Morgan fingerprint density at radius 3 is 2.96 bits per heavy atom. The molecule has 4 N–H and O–H groups in total. The van der Waals surface area contributed by atoms with E-state index in [-0.39, 0.29) is 16.9 Å². The number of aliphatic hydroxyl groups is 1. The zero-order valence-corrected chi connectivity index (χ0v) is 14.6. The molecule has 142 valence electrons. The zero-order chi connectivity index (χ0) is 19.3. The lowest BCUT2D eigenvalue weighted by Gasteiger charge is -2.11. The van der Waals surface area contributed by atoms with Crippen molar-refractivity contribution in [2.24, 2.45) is 0 Å². The number of hydrogen-bond acceptors (Lipinski definition) is 6. The Morgan fingerprint density at radius 2 is 2.14 bits per heavy atom. The number of fused-ring (bicyclic) bond motifs is 2. The molecule has 0 aliphatic heterocycles. The molecule has 8 nitrogen and oxygen atoms in total. The molecule has 2 aromatic carbocycles. The topological polar surface area (TPSA) is 116 Å². The minimum Gasteiger partial charge on any atom is -0.351 e. The summed E-state index contributed by atoms with van der Waals surface area (Å²) in [5.41, 5.74) is 1.79. The van der Waals surface area contributed by atoms with Gasteiger partial charge in [-0.2, -0.15) is 5.10 Å². The highest BCUT2D eigenvalue weighted by molar-refractivity contribution is 5.96. The van der Waals surface area contributed by atoms with Crippen molar-refractivity contribution in [3.63, 3.8) is 0 Å². The molecule has 1 atom stereocenters. The first kappa shape index (κ1) is 16.8. The van der Waals surface area contributed by atoms with Crippen LogP contribution in [0, 0.1) is 5.82 Å². The van der Waals surface area contributed by atoms with Gasteiger partial charge >= 0.3 is 0 Å². The summed E-state index contributed by atoms with van der Waals surface area (Å²) >= 11 is 0. The van der Waals surface area contributed by atoms with Crippen LogP contribution in [-0.2, 0) is 4.74 Å². The van der Waals surface area contributed by atoms with Gasteiger partial charge in [0.15, 0.2) is 0 Å². The number of H-pyrrole nitrogens is 2. The molecule has 1 aliphatic rings. The molecule has 0 bridgehead atoms. The Bertz CT molecular complexity index is 1250. The lowest BCUT2D eigenvalue weighted by atomic mass is 10.0. The predicted molar refractivity (Wildman–Crippen MR) is 101 cm³/mol. The molecule has 5 rings (SSSR count). The maximum atomic E-state index is 14.4. The van der Waals surface area contributed by atoms with Crippen LogP contribution in [0.5, 0.6) is 0 Å². The fourth-order valence-electron chi connectivity index (χ4n) is 3.14. The fraction of sp³-hybridized carbons (Fsp3) is 0.211. The quantitative estimate of drug-likeness (QED) is 0.395. The SMILES string of the molecule is O=c1[nH]nc(-c2ccc3[nH]c(NC(O)OC4CC4)nc3c2)c2c(F)cccc12. The molecule has 0 saturated heterocycles. The van der Waals surface area contributed by atoms with Crippen LogP contribution in [0.2, 0.25) is 0 Å². The second-order valence-electron chi connectivity index (χ2n) is 6.71. The molecule has 1 unspecified atom stereocenters. The van der Waals surface area contributed by atoms with Gasteiger partial charge in [-0.1, -0.05) is 12.1 Å². The van der Waals surface area contributed by atoms with Gasteiger partial charge in [-0.15, -0.1) is 0 Å². The van der Waals surface area contributed by atoms with E-state index < -0.39 is 17.8 Å². The van der Waals surface area contributed by atoms with Crippen molar-refractivity contribution in [3.05, 3.63) is 52.6 Å². The van der Waals surface area contributed by atoms with Gasteiger partial charge in [-0.3, -0.25) is 4.79 Å². The van der Waals surface area contributed by atoms with Crippen LogP contribution in [-0.4, -0.2) is 37.8 Å². The van der Waals surface area contributed by atoms with E-state index in [2.05, 4.69) is 25.5 Å². The van der Waals surface area contributed by atoms with Crippen LogP contribution in [0.15, 0.2) is 41.2 Å². The molecule has 1 saturated carbocycles. The van der Waals surface area contributed by atoms with Crippen LogP contribution in [0.4, 0.5) is 10.3 Å². The van der Waals surface area contributed by atoms with Crippen LogP contribution < -0.4 is 10.9 Å². The standard InChI is InChI=1S/C19H16FN5O3/c20-12-3-1-2-11-15(12)16(24-25-17(11)26)9-4-7-13-14(8-9)22-18(21-13)23-19(27)28-10-5-6-10/h1-4,7-8,10,19,27H,5-6H2,(H,25,26)(H2,21,22,23). The number of rotatable bonds is 5. The van der Waals surface area contributed by atoms with Crippen LogP contribution in [0.1, 0.15) is 12.8 Å². The number of aromatic amines is 2. The van der Waals surface area contributed by atoms with Crippen molar-refractivity contribution in [1.82, 2.24) is 20.2 Å². The third-order valence-corrected chi connectivity index (χ3v) is 4.63. The van der Waals surface area contributed by atoms with Crippen molar-refractivity contribution < 1.29 is 14.2 Å². The molecule has 9 heteroatoms. The second kappa shape index (κ2) is 6.39. The third kappa shape index (κ3) is 3.00. The molecular weight excluding hydrogens is 365 g/mol. The molecule has 1 fully saturated rings. The number of imidazole rings is 1. The number of benzene rings is 2. The maximum Gasteiger partial charge on any atom is 0.272 e. The van der Waals surface area contributed by atoms with Crippen molar-refractivity contribution in [3.8, 4) is 11.3 Å². The number of nitrogens with one attached hydrogen (secondary N) is 3. The lowest BCUT2D eigenvalue weighted by Crippen LogP contribution is -2.23. The van der Waals surface area contributed by atoms with E-state index in [1.165, 1.54) is 12.1 Å². The van der Waals surface area contributed by atoms with Gasteiger partial charge in [-0.05, 0) is 37.1 Å². The first-order chi connectivity index (χ1) is 13.6. The van der Waals surface area contributed by atoms with Crippen LogP contribution in [0.25, 0.3) is 33.1 Å². The summed E-state index contributed by atoms with van der Waals surface area (Å²) in [7, 11) is 0. The molecule has 4 aromatic rings. The molecule has 0 radical (unpaired) electrons. The van der Waals surface area contributed by atoms with E-state index in [1.807, 2.05) is 0 Å². The summed E-state index contributed by atoms with van der Waals surface area (Å²) in [6.07, 6.45) is 0.831. The Labute approximate surface area is 157 Å². The molecule has 1 aliphatic carbocycles. The van der Waals surface area contributed by atoms with Gasteiger partial charge in [0.25, 0.3) is 5.56 Å². The number of anilines is 1. The van der Waals surface area contributed by atoms with Gasteiger partial charge in [0.2, 0.25) is 12.4 Å². The second-order valence-corrected chi connectivity index (χ2v) is 6.71. The Kier molecular flexibility index (Phi) is 3.85. The number of aliphatic hydroxyl groups excluding tert-OH is 1. The smallest absolute Gasteiger partial charge is 0.272 e. The lowest BCUT2D eigenvalue weighted by molar-refractivity contribution is -0.0873. The maximum absolute atomic E-state index is 14.4. The molecule has 0 amide bonds. The van der Waals surface area contributed by atoms with E-state index in [1.54, 1.807) is 24.3 Å². The Balaban J connectivity index is 1.54. The van der Waals surface area contributed by atoms with Gasteiger partial charge in [-0.25, -0.2) is 14.5 Å². The highest BCUT2D eigenvalue weighted by Gasteiger charge is 2.25. The number of aromatic nitrogens is 4. The first-order valence-corrected chi connectivity index (χ1v) is 8.85. The van der Waals surface area contributed by atoms with E-state index >= 15 is 0 Å². The molecular formula is C19H16FN5O3. The monoisotopic (exact) mass is 381 g/mol. The Morgan fingerprint density at radius 1 is 1.29 bits per heavy atom. The van der Waals surface area contributed by atoms with E-state index in [0.717, 1.165) is 18.4 Å². The Hall–Kier alpha value is -3.30. The summed E-state index contributed by atoms with van der Waals surface area (Å²) < 4.78 is 19.7. The van der Waals surface area contributed by atoms with Crippen molar-refractivity contribution in [1.29, 1.82) is 0 Å². The number of halogens is 1. The number of ether oxygens (including phenoxy) is 1. The first-order valence-electron chi connectivity index (χ1n) is 8.85. The van der Waals surface area contributed by atoms with Crippen molar-refractivity contribution in [2.75, 3.05) is 5.32 Å². The van der Waals surface area contributed by atoms with Gasteiger partial charge in [0.05, 0.1) is 27.9 Å². The minimum absolute atomic E-state index is 0.0907. The average Bonchev–Trinajstić information content (AvgIpc) is 3.39. The summed E-state index contributed by atoms with van der Waals surface area (Å²) in [4.78, 5) is 19.4. The molecule has 2 aromatic heterocycles. The number of nitrogens with zero attached hydrogens (tertiary/aromatic N) is 2.